The van der Waals surface area contributed by atoms with Crippen LogP contribution in [0, 0.1) is 0 Å². The Balaban J connectivity index is 2.65. The first kappa shape index (κ1) is 11.1. The third-order valence-corrected chi connectivity index (χ3v) is 4.44. The van der Waals surface area contributed by atoms with Crippen molar-refractivity contribution in [2.24, 2.45) is 0 Å². The van der Waals surface area contributed by atoms with E-state index in [0.717, 1.165) is 6.42 Å². The van der Waals surface area contributed by atoms with Gasteiger partial charge in [0.05, 0.1) is 0 Å². The molecule has 0 radical (unpaired) electrons. The molecule has 76 valence electrons. The van der Waals surface area contributed by atoms with Crippen molar-refractivity contribution in [1.82, 2.24) is 9.76 Å². The third-order valence-electron chi connectivity index (χ3n) is 1.75. The summed E-state index contributed by atoms with van der Waals surface area (Å²) in [5.41, 5.74) is 0. The summed E-state index contributed by atoms with van der Waals surface area (Å²) in [7, 11) is 1.44. The van der Waals surface area contributed by atoms with E-state index in [1.54, 1.807) is 0 Å². The number of nitrogens with one attached hydrogen (secondary N) is 1. The molecule has 0 aromatic heterocycles. The van der Waals surface area contributed by atoms with E-state index in [1.165, 1.54) is 11.8 Å². The molecule has 0 bridgehead atoms. The van der Waals surface area contributed by atoms with Gasteiger partial charge in [-0.05, 0) is 18.2 Å². The number of hydrogen-bond donors (Lipinski definition) is 2. The summed E-state index contributed by atoms with van der Waals surface area (Å²) in [5, 5.41) is 2.78. The van der Waals surface area contributed by atoms with Crippen molar-refractivity contribution in [3.05, 3.63) is 0 Å². The van der Waals surface area contributed by atoms with E-state index in [9.17, 15) is 9.69 Å². The van der Waals surface area contributed by atoms with Crippen molar-refractivity contribution < 1.29 is 14.4 Å². The molecule has 0 aliphatic carbocycles. The van der Waals surface area contributed by atoms with E-state index < -0.39 is 6.57 Å². The first-order chi connectivity index (χ1) is 6.08. The minimum absolute atomic E-state index is 0.0272. The number of amides is 1. The van der Waals surface area contributed by atoms with Gasteiger partial charge in [0, 0.05) is 20.2 Å². The number of rotatable bonds is 2. The number of nitrogens with zero attached hydrogens (tertiary/aromatic N) is 1. The van der Waals surface area contributed by atoms with Crippen LogP contribution >= 0.6 is 6.57 Å². The van der Waals surface area contributed by atoms with Crippen LogP contribution < -0.4 is 5.09 Å². The SMILES string of the molecule is COCC(=O)N1CCCNP1(O)=S. The molecule has 1 fully saturated rings. The average Bonchev–Trinajstić information content (AvgIpc) is 2.03. The number of hydrogen-bond acceptors (Lipinski definition) is 3. The number of methoxy groups -OCH3 is 1. The van der Waals surface area contributed by atoms with Crippen molar-refractivity contribution in [2.45, 2.75) is 6.42 Å². The van der Waals surface area contributed by atoms with E-state index in [0.29, 0.717) is 13.1 Å². The van der Waals surface area contributed by atoms with Crippen LogP contribution in [0.25, 0.3) is 0 Å². The number of ether oxygens (including phenoxy) is 1. The Hall–Kier alpha value is -0.000000000000000111. The van der Waals surface area contributed by atoms with Crippen LogP contribution in [0.2, 0.25) is 0 Å². The quantitative estimate of drug-likeness (QED) is 0.629. The van der Waals surface area contributed by atoms with Gasteiger partial charge in [0.15, 0.2) is 0 Å². The molecule has 0 aromatic carbocycles. The minimum atomic E-state index is -2.80. The van der Waals surface area contributed by atoms with E-state index >= 15 is 0 Å². The zero-order valence-corrected chi connectivity index (χ0v) is 9.11. The summed E-state index contributed by atoms with van der Waals surface area (Å²) in [6, 6.07) is 0. The molecule has 1 aliphatic rings. The molecule has 0 saturated carbocycles. The van der Waals surface area contributed by atoms with Gasteiger partial charge in [-0.1, -0.05) is 0 Å². The van der Waals surface area contributed by atoms with Crippen molar-refractivity contribution in [3.8, 4) is 0 Å². The van der Waals surface area contributed by atoms with Crippen LogP contribution in [0.5, 0.6) is 0 Å². The molecule has 1 atom stereocenters. The third kappa shape index (κ3) is 2.72. The van der Waals surface area contributed by atoms with Crippen LogP contribution in [0.1, 0.15) is 6.42 Å². The van der Waals surface area contributed by atoms with Gasteiger partial charge in [-0.15, -0.1) is 0 Å². The number of carbonyl (C=O) groups excluding carboxylic acids is 1. The van der Waals surface area contributed by atoms with Gasteiger partial charge < -0.3 is 9.63 Å². The van der Waals surface area contributed by atoms with Gasteiger partial charge in [-0.2, -0.15) is 0 Å². The topological polar surface area (TPSA) is 61.8 Å². The molecule has 5 nitrogen and oxygen atoms in total. The fraction of sp³-hybridized carbons (Fsp3) is 0.833. The Morgan fingerprint density at radius 2 is 2.54 bits per heavy atom. The number of carbonyl (C=O) groups is 1. The van der Waals surface area contributed by atoms with E-state index in [4.69, 9.17) is 16.5 Å². The predicted octanol–water partition coefficient (Wildman–Crippen LogP) is -0.328. The molecule has 13 heavy (non-hydrogen) atoms. The molecule has 0 spiro atoms. The highest BCUT2D eigenvalue weighted by Gasteiger charge is 2.30. The highest BCUT2D eigenvalue weighted by Crippen LogP contribution is 2.43. The Morgan fingerprint density at radius 3 is 3.08 bits per heavy atom. The lowest BCUT2D eigenvalue weighted by molar-refractivity contribution is -0.130. The van der Waals surface area contributed by atoms with E-state index in [1.807, 2.05) is 0 Å². The predicted molar refractivity (Wildman–Crippen MR) is 52.7 cm³/mol. The maximum Gasteiger partial charge on any atom is 0.254 e. The molecular weight excluding hydrogens is 211 g/mol. The fourth-order valence-corrected chi connectivity index (χ4v) is 3.33. The molecule has 1 saturated heterocycles. The molecular formula is C6H13N2O3PS. The molecule has 7 heteroatoms. The Bertz CT molecular complexity index is 248. The Labute approximate surface area is 82.3 Å². The summed E-state index contributed by atoms with van der Waals surface area (Å²) in [5.74, 6) is -0.250. The lowest BCUT2D eigenvalue weighted by atomic mass is 10.4. The zero-order chi connectivity index (χ0) is 9.90. The maximum atomic E-state index is 11.4. The van der Waals surface area contributed by atoms with Crippen LogP contribution in [-0.4, -0.2) is 42.3 Å². The van der Waals surface area contributed by atoms with Gasteiger partial charge in [-0.25, -0.2) is 0 Å². The molecule has 2 N–H and O–H groups in total. The Kier molecular flexibility index (Phi) is 3.82. The second-order valence-corrected chi connectivity index (χ2v) is 6.17. The van der Waals surface area contributed by atoms with Crippen LogP contribution in [0.4, 0.5) is 0 Å². The van der Waals surface area contributed by atoms with E-state index in [2.05, 4.69) is 5.09 Å². The van der Waals surface area contributed by atoms with Gasteiger partial charge in [0.25, 0.3) is 5.91 Å². The first-order valence-corrected chi connectivity index (χ1v) is 6.66. The van der Waals surface area contributed by atoms with Crippen molar-refractivity contribution in [1.29, 1.82) is 0 Å². The van der Waals surface area contributed by atoms with Crippen molar-refractivity contribution in [3.63, 3.8) is 0 Å². The summed E-state index contributed by atoms with van der Waals surface area (Å²) in [4.78, 5) is 21.1. The summed E-state index contributed by atoms with van der Waals surface area (Å²) < 4.78 is 6.01. The van der Waals surface area contributed by atoms with Gasteiger partial charge in [0.1, 0.15) is 6.61 Å². The first-order valence-electron chi connectivity index (χ1n) is 3.95. The van der Waals surface area contributed by atoms with Crippen LogP contribution in [-0.2, 0) is 21.3 Å². The summed E-state index contributed by atoms with van der Waals surface area (Å²) in [6.45, 7) is -1.63. The summed E-state index contributed by atoms with van der Waals surface area (Å²) in [6.07, 6.45) is 0.814. The van der Waals surface area contributed by atoms with Gasteiger partial charge >= 0.3 is 0 Å². The zero-order valence-electron chi connectivity index (χ0n) is 7.39. The second kappa shape index (κ2) is 4.48. The van der Waals surface area contributed by atoms with Gasteiger partial charge in [-0.3, -0.25) is 14.6 Å². The highest BCUT2D eigenvalue weighted by atomic mass is 32.4. The van der Waals surface area contributed by atoms with Crippen LogP contribution in [0.15, 0.2) is 0 Å². The lowest BCUT2D eigenvalue weighted by Crippen LogP contribution is -2.41. The standard InChI is InChI=1S/C6H13N2O3PS/c1-11-5-6(9)8-4-2-3-7-12(8,10)13/h2-5H2,1H3,(H2,7,10,13). The monoisotopic (exact) mass is 224 g/mol. The largest absolute Gasteiger partial charge is 0.375 e. The normalized spacial score (nSPS) is 28.9. The smallest absolute Gasteiger partial charge is 0.254 e. The molecule has 1 heterocycles. The molecule has 0 aromatic rings. The fourth-order valence-electron chi connectivity index (χ4n) is 1.15. The molecule has 1 aliphatic heterocycles. The maximum absolute atomic E-state index is 11.4. The summed E-state index contributed by atoms with van der Waals surface area (Å²) >= 11 is 4.91. The van der Waals surface area contributed by atoms with Crippen LogP contribution in [0.3, 0.4) is 0 Å². The van der Waals surface area contributed by atoms with Crippen molar-refractivity contribution >= 4 is 24.3 Å². The molecule has 1 amide bonds. The molecule has 1 rings (SSSR count). The minimum Gasteiger partial charge on any atom is -0.375 e. The molecule has 1 unspecified atom stereocenters. The second-order valence-electron chi connectivity index (χ2n) is 2.76. The Morgan fingerprint density at radius 1 is 1.85 bits per heavy atom. The lowest BCUT2D eigenvalue weighted by Gasteiger charge is -2.34. The highest BCUT2D eigenvalue weighted by molar-refractivity contribution is 8.09. The van der Waals surface area contributed by atoms with Gasteiger partial charge in [0.2, 0.25) is 6.57 Å². The average molecular weight is 224 g/mol. The van der Waals surface area contributed by atoms with Crippen molar-refractivity contribution in [2.75, 3.05) is 26.8 Å². The van der Waals surface area contributed by atoms with E-state index in [-0.39, 0.29) is 12.5 Å².